The number of hydrogen-bond acceptors (Lipinski definition) is 4. The summed E-state index contributed by atoms with van der Waals surface area (Å²) in [6.45, 7) is 0. The second-order valence-corrected chi connectivity index (χ2v) is 6.42. The van der Waals surface area contributed by atoms with Gasteiger partial charge in [0.1, 0.15) is 6.04 Å². The average Bonchev–Trinajstić information content (AvgIpc) is 3.00. The number of amides is 2. The van der Waals surface area contributed by atoms with Gasteiger partial charge in [-0.05, 0) is 37.3 Å². The normalized spacial score (nSPS) is 25.7. The molecule has 6 heteroatoms. The molecule has 1 heterocycles. The van der Waals surface area contributed by atoms with Gasteiger partial charge in [-0.1, -0.05) is 31.0 Å². The molecule has 1 saturated carbocycles. The molecule has 1 aromatic carbocycles. The maximum absolute atomic E-state index is 12.7. The van der Waals surface area contributed by atoms with E-state index in [1.165, 1.54) is 12.0 Å². The van der Waals surface area contributed by atoms with Crippen LogP contribution in [0.5, 0.6) is 0 Å². The number of esters is 1. The van der Waals surface area contributed by atoms with Crippen molar-refractivity contribution in [2.24, 2.45) is 5.92 Å². The van der Waals surface area contributed by atoms with Crippen molar-refractivity contribution in [3.8, 4) is 0 Å². The minimum Gasteiger partial charge on any atom is -0.467 e. The van der Waals surface area contributed by atoms with Crippen molar-refractivity contribution < 1.29 is 19.1 Å². The third kappa shape index (κ3) is 3.13. The molecule has 1 aliphatic heterocycles. The molecular formula is C18H22N2O4. The van der Waals surface area contributed by atoms with Gasteiger partial charge in [0, 0.05) is 11.7 Å². The minimum absolute atomic E-state index is 0.0446. The van der Waals surface area contributed by atoms with Crippen molar-refractivity contribution in [3.63, 3.8) is 0 Å². The Balaban J connectivity index is 1.79. The Kier molecular flexibility index (Phi) is 4.83. The molecule has 0 radical (unpaired) electrons. The Labute approximate surface area is 141 Å². The molecule has 3 atom stereocenters. The molecule has 1 saturated heterocycles. The van der Waals surface area contributed by atoms with E-state index in [4.69, 9.17) is 4.74 Å². The lowest BCUT2D eigenvalue weighted by molar-refractivity contribution is -0.154. The Morgan fingerprint density at radius 1 is 1.12 bits per heavy atom. The minimum atomic E-state index is -0.707. The van der Waals surface area contributed by atoms with Crippen LogP contribution in [0, 0.1) is 5.92 Å². The SMILES string of the molecule is COC(=O)C1CC2CCCCC2N1C(=O)C(=O)Nc1ccccc1. The van der Waals surface area contributed by atoms with Gasteiger partial charge in [0.05, 0.1) is 7.11 Å². The van der Waals surface area contributed by atoms with Gasteiger partial charge in [0.15, 0.2) is 0 Å². The third-order valence-corrected chi connectivity index (χ3v) is 5.02. The number of rotatable bonds is 2. The van der Waals surface area contributed by atoms with Crippen molar-refractivity contribution in [1.29, 1.82) is 0 Å². The predicted molar refractivity (Wildman–Crippen MR) is 88.1 cm³/mol. The van der Waals surface area contributed by atoms with Gasteiger partial charge >= 0.3 is 17.8 Å². The second-order valence-electron chi connectivity index (χ2n) is 6.42. The Bertz CT molecular complexity index is 631. The van der Waals surface area contributed by atoms with Crippen LogP contribution in [0.2, 0.25) is 0 Å². The summed E-state index contributed by atoms with van der Waals surface area (Å²) >= 11 is 0. The smallest absolute Gasteiger partial charge is 0.328 e. The molecule has 128 valence electrons. The average molecular weight is 330 g/mol. The van der Waals surface area contributed by atoms with E-state index in [0.29, 0.717) is 12.1 Å². The lowest BCUT2D eigenvalue weighted by atomic mass is 9.85. The molecule has 24 heavy (non-hydrogen) atoms. The monoisotopic (exact) mass is 330 g/mol. The number of nitrogens with one attached hydrogen (secondary N) is 1. The Morgan fingerprint density at radius 3 is 2.54 bits per heavy atom. The van der Waals surface area contributed by atoms with Gasteiger partial charge in [-0.3, -0.25) is 9.59 Å². The van der Waals surface area contributed by atoms with Crippen molar-refractivity contribution in [3.05, 3.63) is 30.3 Å². The zero-order chi connectivity index (χ0) is 17.1. The number of hydrogen-bond donors (Lipinski definition) is 1. The number of carbonyl (C=O) groups is 3. The van der Waals surface area contributed by atoms with E-state index < -0.39 is 23.8 Å². The highest BCUT2D eigenvalue weighted by molar-refractivity contribution is 6.40. The molecule has 6 nitrogen and oxygen atoms in total. The molecule has 2 fully saturated rings. The largest absolute Gasteiger partial charge is 0.467 e. The van der Waals surface area contributed by atoms with Gasteiger partial charge in [-0.25, -0.2) is 4.79 Å². The second kappa shape index (κ2) is 7.03. The molecule has 3 rings (SSSR count). The van der Waals surface area contributed by atoms with Crippen LogP contribution >= 0.6 is 0 Å². The van der Waals surface area contributed by atoms with E-state index in [1.807, 2.05) is 6.07 Å². The first-order valence-corrected chi connectivity index (χ1v) is 8.38. The number of methoxy groups -OCH3 is 1. The van der Waals surface area contributed by atoms with Crippen molar-refractivity contribution in [2.75, 3.05) is 12.4 Å². The predicted octanol–water partition coefficient (Wildman–Crippen LogP) is 1.96. The van der Waals surface area contributed by atoms with E-state index in [2.05, 4.69) is 5.32 Å². The van der Waals surface area contributed by atoms with Crippen LogP contribution in [0.15, 0.2) is 30.3 Å². The molecule has 0 aromatic heterocycles. The number of carbonyl (C=O) groups excluding carboxylic acids is 3. The van der Waals surface area contributed by atoms with E-state index in [0.717, 1.165) is 25.7 Å². The molecule has 2 aliphatic rings. The van der Waals surface area contributed by atoms with Gasteiger partial charge < -0.3 is 15.0 Å². The van der Waals surface area contributed by atoms with Crippen molar-refractivity contribution >= 4 is 23.5 Å². The summed E-state index contributed by atoms with van der Waals surface area (Å²) in [4.78, 5) is 38.7. The number of likely N-dealkylation sites (tertiary alicyclic amines) is 1. The lowest BCUT2D eigenvalue weighted by Crippen LogP contribution is -2.50. The van der Waals surface area contributed by atoms with Crippen LogP contribution in [-0.2, 0) is 19.1 Å². The number of anilines is 1. The summed E-state index contributed by atoms with van der Waals surface area (Å²) < 4.78 is 4.85. The molecule has 1 N–H and O–H groups in total. The topological polar surface area (TPSA) is 75.7 Å². The summed E-state index contributed by atoms with van der Waals surface area (Å²) in [5.41, 5.74) is 0.560. The van der Waals surface area contributed by atoms with Crippen LogP contribution in [0.3, 0.4) is 0 Å². The van der Waals surface area contributed by atoms with E-state index in [9.17, 15) is 14.4 Å². The standard InChI is InChI=1S/C18H22N2O4/c1-24-18(23)15-11-12-7-5-6-10-14(12)20(15)17(22)16(21)19-13-8-3-2-4-9-13/h2-4,8-9,12,14-15H,5-7,10-11H2,1H3,(H,19,21). The zero-order valence-corrected chi connectivity index (χ0v) is 13.7. The van der Waals surface area contributed by atoms with Crippen molar-refractivity contribution in [1.82, 2.24) is 4.90 Å². The molecule has 2 amide bonds. The van der Waals surface area contributed by atoms with E-state index in [1.54, 1.807) is 24.3 Å². The van der Waals surface area contributed by atoms with Crippen molar-refractivity contribution in [2.45, 2.75) is 44.2 Å². The highest BCUT2D eigenvalue weighted by atomic mass is 16.5. The number of fused-ring (bicyclic) bond motifs is 1. The van der Waals surface area contributed by atoms with Crippen LogP contribution in [0.4, 0.5) is 5.69 Å². The molecule has 0 spiro atoms. The number of nitrogens with zero attached hydrogens (tertiary/aromatic N) is 1. The fourth-order valence-corrected chi connectivity index (χ4v) is 3.92. The fourth-order valence-electron chi connectivity index (χ4n) is 3.92. The Morgan fingerprint density at radius 2 is 1.83 bits per heavy atom. The number of ether oxygens (including phenoxy) is 1. The third-order valence-electron chi connectivity index (χ3n) is 5.02. The summed E-state index contributed by atoms with van der Waals surface area (Å²) in [5.74, 6) is -1.52. The first-order valence-electron chi connectivity index (χ1n) is 8.38. The number of para-hydroxylation sites is 1. The van der Waals surface area contributed by atoms with Crippen LogP contribution in [0.25, 0.3) is 0 Å². The molecule has 3 unspecified atom stereocenters. The Hall–Kier alpha value is -2.37. The summed E-state index contributed by atoms with van der Waals surface area (Å²) in [5, 5.41) is 2.61. The number of benzene rings is 1. The van der Waals surface area contributed by atoms with Gasteiger partial charge in [0.25, 0.3) is 0 Å². The first-order chi connectivity index (χ1) is 11.6. The molecule has 0 bridgehead atoms. The molecule has 1 aliphatic carbocycles. The van der Waals surface area contributed by atoms with Gasteiger partial charge in [-0.2, -0.15) is 0 Å². The summed E-state index contributed by atoms with van der Waals surface area (Å²) in [7, 11) is 1.32. The van der Waals surface area contributed by atoms with E-state index >= 15 is 0 Å². The van der Waals surface area contributed by atoms with Gasteiger partial charge in [-0.15, -0.1) is 0 Å². The maximum atomic E-state index is 12.7. The summed E-state index contributed by atoms with van der Waals surface area (Å²) in [6.07, 6.45) is 4.53. The fraction of sp³-hybridized carbons (Fsp3) is 0.500. The van der Waals surface area contributed by atoms with Crippen LogP contribution in [-0.4, -0.2) is 41.9 Å². The lowest BCUT2D eigenvalue weighted by Gasteiger charge is -2.32. The quantitative estimate of drug-likeness (QED) is 0.664. The van der Waals surface area contributed by atoms with Crippen LogP contribution < -0.4 is 5.32 Å². The summed E-state index contributed by atoms with van der Waals surface area (Å²) in [6, 6.07) is 8.13. The van der Waals surface area contributed by atoms with Crippen LogP contribution in [0.1, 0.15) is 32.1 Å². The van der Waals surface area contributed by atoms with Gasteiger partial charge in [0.2, 0.25) is 0 Å². The zero-order valence-electron chi connectivity index (χ0n) is 13.7. The highest BCUT2D eigenvalue weighted by Crippen LogP contribution is 2.40. The maximum Gasteiger partial charge on any atom is 0.328 e. The first kappa shape index (κ1) is 16.5. The highest BCUT2D eigenvalue weighted by Gasteiger charge is 2.49. The van der Waals surface area contributed by atoms with E-state index in [-0.39, 0.29) is 12.0 Å². The molecular weight excluding hydrogens is 308 g/mol. The molecule has 1 aromatic rings.